The van der Waals surface area contributed by atoms with E-state index in [9.17, 15) is 4.79 Å². The minimum atomic E-state index is -0.0693. The lowest BCUT2D eigenvalue weighted by Gasteiger charge is -2.25. The zero-order valence-electron chi connectivity index (χ0n) is 12.3. The van der Waals surface area contributed by atoms with Gasteiger partial charge in [0.1, 0.15) is 5.82 Å². The number of imidazole rings is 1. The number of nitrogens with one attached hydrogen (secondary N) is 1. The van der Waals surface area contributed by atoms with Gasteiger partial charge >= 0.3 is 0 Å². The van der Waals surface area contributed by atoms with Crippen LogP contribution in [0.5, 0.6) is 0 Å². The van der Waals surface area contributed by atoms with Crippen molar-refractivity contribution in [1.82, 2.24) is 9.55 Å². The van der Waals surface area contributed by atoms with Crippen LogP contribution in [-0.2, 0) is 11.3 Å². The summed E-state index contributed by atoms with van der Waals surface area (Å²) in [6.45, 7) is 4.69. The Morgan fingerprint density at radius 3 is 2.76 bits per heavy atom. The van der Waals surface area contributed by atoms with E-state index in [0.717, 1.165) is 35.7 Å². The van der Waals surface area contributed by atoms with Gasteiger partial charge in [0.25, 0.3) is 0 Å². The number of anilines is 1. The molecule has 110 valence electrons. The number of carbonyl (C=O) groups is 1. The van der Waals surface area contributed by atoms with E-state index in [0.29, 0.717) is 5.92 Å². The lowest BCUT2D eigenvalue weighted by atomic mass is 9.98. The van der Waals surface area contributed by atoms with Crippen molar-refractivity contribution >= 4 is 11.6 Å². The number of nitrogens with two attached hydrogens (primary N) is 1. The monoisotopic (exact) mass is 284 g/mol. The third-order valence-corrected chi connectivity index (χ3v) is 3.80. The molecule has 0 bridgehead atoms. The van der Waals surface area contributed by atoms with Gasteiger partial charge in [0, 0.05) is 30.9 Å². The Hall–Kier alpha value is -2.14. The summed E-state index contributed by atoms with van der Waals surface area (Å²) < 4.78 is 2.16. The second-order valence-corrected chi connectivity index (χ2v) is 5.84. The number of rotatable bonds is 2. The van der Waals surface area contributed by atoms with E-state index in [1.807, 2.05) is 24.3 Å². The van der Waals surface area contributed by atoms with E-state index in [-0.39, 0.29) is 11.9 Å². The van der Waals surface area contributed by atoms with E-state index < -0.39 is 0 Å². The molecule has 1 amide bonds. The zero-order chi connectivity index (χ0) is 15.0. The quantitative estimate of drug-likeness (QED) is 0.890. The highest BCUT2D eigenvalue weighted by Gasteiger charge is 2.24. The number of fused-ring (bicyclic) bond motifs is 1. The molecule has 0 aliphatic carbocycles. The van der Waals surface area contributed by atoms with Gasteiger partial charge in [-0.05, 0) is 24.5 Å². The fourth-order valence-corrected chi connectivity index (χ4v) is 2.89. The van der Waals surface area contributed by atoms with E-state index in [2.05, 4.69) is 28.0 Å². The first-order valence-electron chi connectivity index (χ1n) is 7.23. The van der Waals surface area contributed by atoms with Gasteiger partial charge in [0.15, 0.2) is 0 Å². The number of carbonyl (C=O) groups excluding carboxylic acids is 1. The predicted molar refractivity (Wildman–Crippen MR) is 82.7 cm³/mol. The van der Waals surface area contributed by atoms with E-state index in [4.69, 9.17) is 5.73 Å². The summed E-state index contributed by atoms with van der Waals surface area (Å²) in [4.78, 5) is 15.7. The predicted octanol–water partition coefficient (Wildman–Crippen LogP) is 2.55. The van der Waals surface area contributed by atoms with Crippen molar-refractivity contribution in [1.29, 1.82) is 0 Å². The first kappa shape index (κ1) is 13.8. The molecule has 5 nitrogen and oxygen atoms in total. The molecule has 1 aliphatic heterocycles. The Balaban J connectivity index is 1.88. The normalized spacial score (nSPS) is 20.9. The molecule has 0 fully saturated rings. The van der Waals surface area contributed by atoms with Crippen molar-refractivity contribution in [2.24, 2.45) is 11.7 Å². The fraction of sp³-hybridized carbons (Fsp3) is 0.375. The van der Waals surface area contributed by atoms with Crippen molar-refractivity contribution in [2.45, 2.75) is 32.9 Å². The van der Waals surface area contributed by atoms with Crippen molar-refractivity contribution in [3.63, 3.8) is 0 Å². The Morgan fingerprint density at radius 1 is 1.38 bits per heavy atom. The van der Waals surface area contributed by atoms with Gasteiger partial charge in [-0.3, -0.25) is 4.79 Å². The van der Waals surface area contributed by atoms with Crippen LogP contribution in [0.3, 0.4) is 0 Å². The maximum atomic E-state index is 11.0. The average molecular weight is 284 g/mol. The van der Waals surface area contributed by atoms with Crippen LogP contribution in [0.1, 0.15) is 32.1 Å². The van der Waals surface area contributed by atoms with Gasteiger partial charge in [-0.2, -0.15) is 0 Å². The van der Waals surface area contributed by atoms with Gasteiger partial charge < -0.3 is 15.6 Å². The van der Waals surface area contributed by atoms with E-state index in [1.54, 1.807) is 0 Å². The van der Waals surface area contributed by atoms with Crippen LogP contribution >= 0.6 is 0 Å². The molecule has 0 saturated heterocycles. The first-order valence-corrected chi connectivity index (χ1v) is 7.23. The zero-order valence-corrected chi connectivity index (χ0v) is 12.3. The third kappa shape index (κ3) is 2.83. The van der Waals surface area contributed by atoms with Crippen LogP contribution in [0.2, 0.25) is 0 Å². The second-order valence-electron chi connectivity index (χ2n) is 5.84. The SMILES string of the molecule is CC(=O)Nc1ccc(-c2cn3c(n2)C(N)CC(C)C3)cc1. The summed E-state index contributed by atoms with van der Waals surface area (Å²) in [5, 5.41) is 2.76. The van der Waals surface area contributed by atoms with Gasteiger partial charge in [-0.15, -0.1) is 0 Å². The molecular formula is C16H20N4O. The Bertz CT molecular complexity index is 659. The van der Waals surface area contributed by atoms with E-state index >= 15 is 0 Å². The molecule has 2 atom stereocenters. The van der Waals surface area contributed by atoms with Crippen LogP contribution in [0.4, 0.5) is 5.69 Å². The molecule has 2 unspecified atom stereocenters. The molecule has 0 spiro atoms. The van der Waals surface area contributed by atoms with Crippen LogP contribution in [0, 0.1) is 5.92 Å². The molecule has 21 heavy (non-hydrogen) atoms. The van der Waals surface area contributed by atoms with Gasteiger partial charge in [0.05, 0.1) is 11.7 Å². The van der Waals surface area contributed by atoms with Gasteiger partial charge in [0.2, 0.25) is 5.91 Å². The smallest absolute Gasteiger partial charge is 0.221 e. The Kier molecular flexibility index (Phi) is 3.51. The summed E-state index contributed by atoms with van der Waals surface area (Å²) >= 11 is 0. The van der Waals surface area contributed by atoms with Crippen LogP contribution in [0.15, 0.2) is 30.5 Å². The molecular weight excluding hydrogens is 264 g/mol. The minimum absolute atomic E-state index is 0.0150. The molecule has 1 aromatic heterocycles. The fourth-order valence-electron chi connectivity index (χ4n) is 2.89. The molecule has 0 saturated carbocycles. The third-order valence-electron chi connectivity index (χ3n) is 3.80. The van der Waals surface area contributed by atoms with Gasteiger partial charge in [-0.25, -0.2) is 4.98 Å². The molecule has 1 aliphatic rings. The van der Waals surface area contributed by atoms with Crippen LogP contribution in [0.25, 0.3) is 11.3 Å². The topological polar surface area (TPSA) is 72.9 Å². The van der Waals surface area contributed by atoms with Crippen LogP contribution < -0.4 is 11.1 Å². The molecule has 5 heteroatoms. The first-order chi connectivity index (χ1) is 10.0. The molecule has 3 rings (SSSR count). The van der Waals surface area contributed by atoms with Crippen molar-refractivity contribution in [3.05, 3.63) is 36.3 Å². The average Bonchev–Trinajstić information content (AvgIpc) is 2.83. The Morgan fingerprint density at radius 2 is 2.10 bits per heavy atom. The number of hydrogen-bond acceptors (Lipinski definition) is 3. The highest BCUT2D eigenvalue weighted by atomic mass is 16.1. The summed E-state index contributed by atoms with van der Waals surface area (Å²) in [6.07, 6.45) is 3.05. The lowest BCUT2D eigenvalue weighted by Crippen LogP contribution is -2.26. The van der Waals surface area contributed by atoms with E-state index in [1.165, 1.54) is 6.92 Å². The Labute approximate surface area is 124 Å². The number of amides is 1. The van der Waals surface area contributed by atoms with Crippen molar-refractivity contribution in [2.75, 3.05) is 5.32 Å². The number of nitrogens with zero attached hydrogens (tertiary/aromatic N) is 2. The van der Waals surface area contributed by atoms with Gasteiger partial charge in [-0.1, -0.05) is 19.1 Å². The molecule has 3 N–H and O–H groups in total. The number of benzene rings is 1. The van der Waals surface area contributed by atoms with Crippen molar-refractivity contribution in [3.8, 4) is 11.3 Å². The lowest BCUT2D eigenvalue weighted by molar-refractivity contribution is -0.114. The standard InChI is InChI=1S/C16H20N4O/c1-10-7-14(17)16-19-15(9-20(16)8-10)12-3-5-13(6-4-12)18-11(2)21/h3-6,9-10,14H,7-8,17H2,1-2H3,(H,18,21). The number of hydrogen-bond donors (Lipinski definition) is 2. The highest BCUT2D eigenvalue weighted by Crippen LogP contribution is 2.29. The second kappa shape index (κ2) is 5.33. The number of aromatic nitrogens is 2. The minimum Gasteiger partial charge on any atom is -0.333 e. The van der Waals surface area contributed by atoms with Crippen LogP contribution in [-0.4, -0.2) is 15.5 Å². The largest absolute Gasteiger partial charge is 0.333 e. The summed E-state index contributed by atoms with van der Waals surface area (Å²) in [7, 11) is 0. The summed E-state index contributed by atoms with van der Waals surface area (Å²) in [5.41, 5.74) is 8.94. The summed E-state index contributed by atoms with van der Waals surface area (Å²) in [5.74, 6) is 1.48. The maximum Gasteiger partial charge on any atom is 0.221 e. The molecule has 0 radical (unpaired) electrons. The maximum absolute atomic E-state index is 11.0. The molecule has 1 aromatic carbocycles. The molecule has 2 aromatic rings. The van der Waals surface area contributed by atoms with Crippen molar-refractivity contribution < 1.29 is 4.79 Å². The highest BCUT2D eigenvalue weighted by molar-refractivity contribution is 5.88. The molecule has 2 heterocycles. The summed E-state index contributed by atoms with van der Waals surface area (Å²) in [6, 6.07) is 7.72.